The van der Waals surface area contributed by atoms with Crippen molar-refractivity contribution in [3.05, 3.63) is 188 Å². The molecule has 0 spiro atoms. The fourth-order valence-electron chi connectivity index (χ4n) is 8.29. The molecule has 0 aliphatic carbocycles. The molecule has 9 aromatic carbocycles. The molecule has 0 unspecified atom stereocenters. The topological polar surface area (TPSA) is 16.4 Å². The van der Waals surface area contributed by atoms with Crippen LogP contribution in [-0.4, -0.2) is 0 Å². The highest BCUT2D eigenvalue weighted by molar-refractivity contribution is 7.25. The number of benzene rings is 9. The van der Waals surface area contributed by atoms with Crippen molar-refractivity contribution in [1.29, 1.82) is 0 Å². The Morgan fingerprint density at radius 2 is 1.00 bits per heavy atom. The Hall–Kier alpha value is -6.68. The van der Waals surface area contributed by atoms with Gasteiger partial charge in [0.1, 0.15) is 11.2 Å². The Morgan fingerprint density at radius 1 is 0.377 bits per heavy atom. The SMILES string of the molecule is c1ccc(N(c2ccc(-c3cccc4sc5ccccc5c34)cc2)c2cccc3ccccc23)c(-c2cccc3oc4c5ccccc5ccc4c23)c1. The van der Waals surface area contributed by atoms with Gasteiger partial charge in [0.05, 0.1) is 11.4 Å². The van der Waals surface area contributed by atoms with Crippen LogP contribution in [0.5, 0.6) is 0 Å². The number of furan rings is 1. The highest BCUT2D eigenvalue weighted by atomic mass is 32.1. The van der Waals surface area contributed by atoms with E-state index in [2.05, 4.69) is 193 Å². The molecular weight excluding hydrogens is 663 g/mol. The van der Waals surface area contributed by atoms with Crippen molar-refractivity contribution in [2.75, 3.05) is 4.90 Å². The molecule has 3 heteroatoms. The zero-order valence-corrected chi connectivity index (χ0v) is 29.5. The predicted molar refractivity (Wildman–Crippen MR) is 227 cm³/mol. The van der Waals surface area contributed by atoms with E-state index in [-0.39, 0.29) is 0 Å². The van der Waals surface area contributed by atoms with Crippen molar-refractivity contribution in [2.24, 2.45) is 0 Å². The molecule has 2 heterocycles. The molecule has 0 bridgehead atoms. The van der Waals surface area contributed by atoms with Gasteiger partial charge in [-0.2, -0.15) is 0 Å². The molecule has 0 N–H and O–H groups in total. The molecule has 53 heavy (non-hydrogen) atoms. The van der Waals surface area contributed by atoms with Crippen molar-refractivity contribution >= 4 is 92.1 Å². The molecule has 0 saturated carbocycles. The van der Waals surface area contributed by atoms with E-state index >= 15 is 0 Å². The van der Waals surface area contributed by atoms with Gasteiger partial charge in [-0.3, -0.25) is 0 Å². The lowest BCUT2D eigenvalue weighted by molar-refractivity contribution is 0.673. The summed E-state index contributed by atoms with van der Waals surface area (Å²) in [7, 11) is 0. The smallest absolute Gasteiger partial charge is 0.143 e. The molecule has 0 radical (unpaired) electrons. The fourth-order valence-corrected chi connectivity index (χ4v) is 9.42. The van der Waals surface area contributed by atoms with Gasteiger partial charge in [0.25, 0.3) is 0 Å². The zero-order chi connectivity index (χ0) is 34.9. The van der Waals surface area contributed by atoms with E-state index in [1.807, 2.05) is 11.3 Å². The number of rotatable bonds is 5. The van der Waals surface area contributed by atoms with Crippen LogP contribution in [0.4, 0.5) is 17.1 Å². The van der Waals surface area contributed by atoms with Crippen LogP contribution in [0.3, 0.4) is 0 Å². The van der Waals surface area contributed by atoms with Crippen molar-refractivity contribution < 1.29 is 4.42 Å². The first kappa shape index (κ1) is 30.0. The molecule has 0 aliphatic rings. The standard InChI is InChI=1S/C50H31NOS/c1-3-15-36-32(12-1)14-9-22-43(36)51(35-29-26-34(27-30-35)37-19-11-25-47-49(37)41-18-6-8-24-46(41)53-47)44-21-7-5-17-39(44)40-20-10-23-45-48(40)42-31-28-33-13-2-4-16-38(33)50(42)52-45/h1-31H. The number of nitrogens with zero attached hydrogens (tertiary/aromatic N) is 1. The molecule has 0 aliphatic heterocycles. The Labute approximate surface area is 310 Å². The van der Waals surface area contributed by atoms with E-state index in [9.17, 15) is 0 Å². The van der Waals surface area contributed by atoms with E-state index in [1.54, 1.807) is 0 Å². The molecule has 0 atom stereocenters. The predicted octanol–water partition coefficient (Wildman–Crippen LogP) is 15.1. The number of fused-ring (bicyclic) bond motifs is 9. The first-order chi connectivity index (χ1) is 26.3. The van der Waals surface area contributed by atoms with Crippen molar-refractivity contribution in [3.8, 4) is 22.3 Å². The van der Waals surface area contributed by atoms with Crippen LogP contribution in [0.1, 0.15) is 0 Å². The van der Waals surface area contributed by atoms with Crippen LogP contribution in [-0.2, 0) is 0 Å². The van der Waals surface area contributed by atoms with Gasteiger partial charge < -0.3 is 9.32 Å². The van der Waals surface area contributed by atoms with Crippen molar-refractivity contribution in [2.45, 2.75) is 0 Å². The third-order valence-corrected chi connectivity index (χ3v) is 11.8. The minimum absolute atomic E-state index is 0.889. The van der Waals surface area contributed by atoms with Gasteiger partial charge in [0.15, 0.2) is 0 Å². The van der Waals surface area contributed by atoms with E-state index < -0.39 is 0 Å². The normalized spacial score (nSPS) is 11.8. The van der Waals surface area contributed by atoms with Crippen molar-refractivity contribution in [1.82, 2.24) is 0 Å². The number of hydrogen-bond acceptors (Lipinski definition) is 3. The van der Waals surface area contributed by atoms with Crippen LogP contribution < -0.4 is 4.90 Å². The summed E-state index contributed by atoms with van der Waals surface area (Å²) < 4.78 is 9.28. The Morgan fingerprint density at radius 3 is 1.89 bits per heavy atom. The molecule has 0 saturated heterocycles. The van der Waals surface area contributed by atoms with Gasteiger partial charge in [0.2, 0.25) is 0 Å². The maximum atomic E-state index is 6.65. The quantitative estimate of drug-likeness (QED) is 0.178. The largest absolute Gasteiger partial charge is 0.455 e. The van der Waals surface area contributed by atoms with Gasteiger partial charge in [0, 0.05) is 53.0 Å². The second kappa shape index (κ2) is 11.9. The van der Waals surface area contributed by atoms with Gasteiger partial charge >= 0.3 is 0 Å². The summed E-state index contributed by atoms with van der Waals surface area (Å²) >= 11 is 1.86. The van der Waals surface area contributed by atoms with Crippen molar-refractivity contribution in [3.63, 3.8) is 0 Å². The Bertz CT molecular complexity index is 3180. The van der Waals surface area contributed by atoms with Gasteiger partial charge in [-0.1, -0.05) is 140 Å². The molecule has 2 nitrogen and oxygen atoms in total. The molecule has 11 aromatic rings. The molecule has 0 amide bonds. The average molecular weight is 694 g/mol. The Balaban J connectivity index is 1.13. The summed E-state index contributed by atoms with van der Waals surface area (Å²) in [6, 6.07) is 67.9. The van der Waals surface area contributed by atoms with Crippen LogP contribution in [0.15, 0.2) is 192 Å². The fraction of sp³-hybridized carbons (Fsp3) is 0. The lowest BCUT2D eigenvalue weighted by Gasteiger charge is -2.29. The molecule has 0 fully saturated rings. The maximum Gasteiger partial charge on any atom is 0.143 e. The van der Waals surface area contributed by atoms with Crippen LogP contribution in [0.25, 0.3) is 85.9 Å². The lowest BCUT2D eigenvalue weighted by Crippen LogP contribution is -2.11. The second-order valence-corrected chi connectivity index (χ2v) is 14.7. The zero-order valence-electron chi connectivity index (χ0n) is 28.7. The molecule has 248 valence electrons. The highest BCUT2D eigenvalue weighted by Gasteiger charge is 2.22. The third kappa shape index (κ3) is 4.71. The van der Waals surface area contributed by atoms with Crippen LogP contribution >= 0.6 is 11.3 Å². The Kier molecular flexibility index (Phi) is 6.76. The van der Waals surface area contributed by atoms with Crippen LogP contribution in [0.2, 0.25) is 0 Å². The first-order valence-electron chi connectivity index (χ1n) is 18.0. The summed E-state index contributed by atoms with van der Waals surface area (Å²) in [6.07, 6.45) is 0. The van der Waals surface area contributed by atoms with E-state index in [0.29, 0.717) is 0 Å². The number of para-hydroxylation sites is 1. The minimum atomic E-state index is 0.889. The maximum absolute atomic E-state index is 6.65. The van der Waals surface area contributed by atoms with Gasteiger partial charge in [-0.05, 0) is 76.0 Å². The molecule has 2 aromatic heterocycles. The van der Waals surface area contributed by atoms with Gasteiger partial charge in [-0.15, -0.1) is 11.3 Å². The summed E-state index contributed by atoms with van der Waals surface area (Å²) in [5.41, 5.74) is 9.89. The summed E-state index contributed by atoms with van der Waals surface area (Å²) in [4.78, 5) is 2.43. The van der Waals surface area contributed by atoms with E-state index in [0.717, 1.165) is 55.5 Å². The van der Waals surface area contributed by atoms with E-state index in [1.165, 1.54) is 47.5 Å². The minimum Gasteiger partial charge on any atom is -0.455 e. The summed E-state index contributed by atoms with van der Waals surface area (Å²) in [6.45, 7) is 0. The van der Waals surface area contributed by atoms with Crippen LogP contribution in [0, 0.1) is 0 Å². The second-order valence-electron chi connectivity index (χ2n) is 13.6. The average Bonchev–Trinajstić information content (AvgIpc) is 3.81. The van der Waals surface area contributed by atoms with E-state index in [4.69, 9.17) is 4.42 Å². The van der Waals surface area contributed by atoms with Gasteiger partial charge in [-0.25, -0.2) is 0 Å². The monoisotopic (exact) mass is 693 g/mol. The molecular formula is C50H31NOS. The summed E-state index contributed by atoms with van der Waals surface area (Å²) in [5.74, 6) is 0. The third-order valence-electron chi connectivity index (χ3n) is 10.7. The molecule has 11 rings (SSSR count). The number of anilines is 3. The number of hydrogen-bond donors (Lipinski definition) is 0. The first-order valence-corrected chi connectivity index (χ1v) is 18.8. The highest BCUT2D eigenvalue weighted by Crippen LogP contribution is 2.47. The number of thiophene rings is 1. The lowest BCUT2D eigenvalue weighted by atomic mass is 9.95. The summed E-state index contributed by atoms with van der Waals surface area (Å²) in [5, 5.41) is 9.60.